The topological polar surface area (TPSA) is 71.5 Å². The normalized spacial score (nSPS) is 17.7. The Morgan fingerprint density at radius 2 is 1.35 bits per heavy atom. The van der Waals surface area contributed by atoms with Crippen LogP contribution in [0.25, 0.3) is 11.1 Å². The van der Waals surface area contributed by atoms with Crippen LogP contribution in [0.4, 0.5) is 0 Å². The zero-order valence-corrected chi connectivity index (χ0v) is 19.4. The van der Waals surface area contributed by atoms with E-state index in [2.05, 4.69) is 0 Å². The predicted octanol–water partition coefficient (Wildman–Crippen LogP) is 4.90. The highest BCUT2D eigenvalue weighted by atomic mass is 35.5. The number of rotatable bonds is 5. The third kappa shape index (κ3) is 4.52. The van der Waals surface area contributed by atoms with Gasteiger partial charge in [0.25, 0.3) is 0 Å². The molecule has 4 rings (SSSR count). The first-order valence-electron chi connectivity index (χ1n) is 9.53. The Kier molecular flexibility index (Phi) is 6.16. The molecular weight excluding hydrogens is 477 g/mol. The molecule has 0 aliphatic carbocycles. The average Bonchev–Trinajstić information content (AvgIpc) is 3.26. The molecule has 0 N–H and O–H groups in total. The number of sulfone groups is 1. The van der Waals surface area contributed by atoms with E-state index in [1.807, 2.05) is 0 Å². The Hall–Kier alpha value is -1.90. The molecule has 9 heteroatoms. The summed E-state index contributed by atoms with van der Waals surface area (Å²) in [5, 5.41) is 0.210. The molecule has 1 atom stereocenters. The largest absolute Gasteiger partial charge is 0.243 e. The molecule has 1 heterocycles. The Morgan fingerprint density at radius 1 is 0.742 bits per heavy atom. The summed E-state index contributed by atoms with van der Waals surface area (Å²) in [7, 11) is -7.41. The van der Waals surface area contributed by atoms with Crippen LogP contribution in [0, 0.1) is 0 Å². The molecule has 1 unspecified atom stereocenters. The quantitative estimate of drug-likeness (QED) is 0.504. The van der Waals surface area contributed by atoms with Gasteiger partial charge < -0.3 is 0 Å². The summed E-state index contributed by atoms with van der Waals surface area (Å²) in [5.41, 5.74) is 1.55. The van der Waals surface area contributed by atoms with E-state index in [-0.39, 0.29) is 29.3 Å². The zero-order valence-electron chi connectivity index (χ0n) is 16.3. The Balaban J connectivity index is 1.55. The second kappa shape index (κ2) is 8.56. The molecular formula is C22H19Cl2NO4S2. The molecule has 0 bridgehead atoms. The molecule has 0 spiro atoms. The number of nitrogens with zero attached hydrogens (tertiary/aromatic N) is 1. The van der Waals surface area contributed by atoms with E-state index in [0.717, 1.165) is 11.1 Å². The van der Waals surface area contributed by atoms with E-state index in [1.165, 1.54) is 28.6 Å². The van der Waals surface area contributed by atoms with Crippen molar-refractivity contribution < 1.29 is 16.8 Å². The minimum absolute atomic E-state index is 0.0643. The average molecular weight is 496 g/mol. The maximum atomic E-state index is 13.1. The first-order valence-corrected chi connectivity index (χ1v) is 13.3. The van der Waals surface area contributed by atoms with Crippen molar-refractivity contribution in [3.63, 3.8) is 0 Å². The molecule has 162 valence electrons. The maximum absolute atomic E-state index is 13.1. The first kappa shape index (κ1) is 22.3. The minimum atomic E-state index is -3.81. The molecule has 1 fully saturated rings. The lowest BCUT2D eigenvalue weighted by molar-refractivity contribution is 0.476. The first-order chi connectivity index (χ1) is 14.7. The van der Waals surface area contributed by atoms with Crippen LogP contribution in [-0.4, -0.2) is 39.5 Å². The van der Waals surface area contributed by atoms with E-state index >= 15 is 0 Å². The highest BCUT2D eigenvalue weighted by molar-refractivity contribution is 7.92. The molecule has 1 saturated heterocycles. The van der Waals surface area contributed by atoms with Crippen molar-refractivity contribution in [2.24, 2.45) is 0 Å². The molecule has 0 saturated carbocycles. The lowest BCUT2D eigenvalue weighted by atomic mass is 10.1. The van der Waals surface area contributed by atoms with Crippen LogP contribution in [0.15, 0.2) is 82.6 Å². The van der Waals surface area contributed by atoms with E-state index in [0.29, 0.717) is 10.0 Å². The van der Waals surface area contributed by atoms with Crippen molar-refractivity contribution in [2.45, 2.75) is 21.5 Å². The van der Waals surface area contributed by atoms with Gasteiger partial charge in [-0.25, -0.2) is 16.8 Å². The smallest absolute Gasteiger partial charge is 0.223 e. The van der Waals surface area contributed by atoms with Crippen LogP contribution < -0.4 is 0 Å². The standard InChI is InChI=1S/C22H19Cl2NO4S2/c23-18-12-17(13-19(24)14-18)16-6-8-21(9-7-16)31(28,29)25-11-10-22(15-25)30(26,27)20-4-2-1-3-5-20/h1-9,12-14,22H,10-11,15H2. The van der Waals surface area contributed by atoms with Gasteiger partial charge in [-0.2, -0.15) is 4.31 Å². The van der Waals surface area contributed by atoms with E-state index in [4.69, 9.17) is 23.2 Å². The van der Waals surface area contributed by atoms with E-state index < -0.39 is 25.1 Å². The van der Waals surface area contributed by atoms with Gasteiger partial charge in [-0.1, -0.05) is 53.5 Å². The van der Waals surface area contributed by atoms with Gasteiger partial charge in [0.1, 0.15) is 0 Å². The molecule has 0 radical (unpaired) electrons. The van der Waals surface area contributed by atoms with Gasteiger partial charge in [-0.15, -0.1) is 0 Å². The molecule has 5 nitrogen and oxygen atoms in total. The van der Waals surface area contributed by atoms with Gasteiger partial charge in [-0.3, -0.25) is 0 Å². The summed E-state index contributed by atoms with van der Waals surface area (Å²) in [5.74, 6) is 0. The van der Waals surface area contributed by atoms with Gasteiger partial charge in [-0.05, 0) is 60.0 Å². The van der Waals surface area contributed by atoms with Crippen LogP contribution in [0.5, 0.6) is 0 Å². The Morgan fingerprint density at radius 3 is 1.97 bits per heavy atom. The van der Waals surface area contributed by atoms with E-state index in [9.17, 15) is 16.8 Å². The molecule has 3 aromatic carbocycles. The third-order valence-corrected chi connectivity index (χ3v) is 9.81. The fourth-order valence-corrected chi connectivity index (χ4v) is 7.49. The monoisotopic (exact) mass is 495 g/mol. The van der Waals surface area contributed by atoms with E-state index in [1.54, 1.807) is 48.5 Å². The molecule has 0 aromatic heterocycles. The third-order valence-electron chi connectivity index (χ3n) is 5.31. The lowest BCUT2D eigenvalue weighted by Crippen LogP contribution is -2.32. The SMILES string of the molecule is O=S(=O)(c1ccccc1)C1CCN(S(=O)(=O)c2ccc(-c3cc(Cl)cc(Cl)c3)cc2)C1. The van der Waals surface area contributed by atoms with Crippen LogP contribution >= 0.6 is 23.2 Å². The van der Waals surface area contributed by atoms with Gasteiger partial charge in [0, 0.05) is 23.1 Å². The summed E-state index contributed by atoms with van der Waals surface area (Å²) in [4.78, 5) is 0.325. The molecule has 1 aliphatic rings. The highest BCUT2D eigenvalue weighted by Gasteiger charge is 2.39. The van der Waals surface area contributed by atoms with Gasteiger partial charge in [0.15, 0.2) is 9.84 Å². The van der Waals surface area contributed by atoms with Crippen molar-refractivity contribution in [3.8, 4) is 11.1 Å². The predicted molar refractivity (Wildman–Crippen MR) is 123 cm³/mol. The van der Waals surface area contributed by atoms with Crippen molar-refractivity contribution >= 4 is 43.1 Å². The Bertz CT molecular complexity index is 1290. The Labute approximate surface area is 192 Å². The summed E-state index contributed by atoms with van der Waals surface area (Å²) in [6.45, 7) is 0.0932. The zero-order chi connectivity index (χ0) is 22.2. The summed E-state index contributed by atoms with van der Waals surface area (Å²) >= 11 is 12.1. The van der Waals surface area contributed by atoms with Crippen LogP contribution in [0.2, 0.25) is 10.0 Å². The van der Waals surface area contributed by atoms with Crippen molar-refractivity contribution in [1.29, 1.82) is 0 Å². The van der Waals surface area contributed by atoms with Crippen LogP contribution in [-0.2, 0) is 19.9 Å². The van der Waals surface area contributed by atoms with Gasteiger partial charge in [0.05, 0.1) is 15.0 Å². The number of halogens is 2. The highest BCUT2D eigenvalue weighted by Crippen LogP contribution is 2.31. The summed E-state index contributed by atoms with van der Waals surface area (Å²) in [6.07, 6.45) is 0.259. The van der Waals surface area contributed by atoms with Gasteiger partial charge >= 0.3 is 0 Å². The molecule has 3 aromatic rings. The number of sulfonamides is 1. The maximum Gasteiger partial charge on any atom is 0.243 e. The molecule has 1 aliphatic heterocycles. The number of benzene rings is 3. The lowest BCUT2D eigenvalue weighted by Gasteiger charge is -2.17. The molecule has 0 amide bonds. The number of hydrogen-bond acceptors (Lipinski definition) is 4. The fraction of sp³-hybridized carbons (Fsp3) is 0.182. The fourth-order valence-electron chi connectivity index (χ4n) is 3.66. The minimum Gasteiger partial charge on any atom is -0.223 e. The summed E-state index contributed by atoms with van der Waals surface area (Å²) < 4.78 is 53.1. The number of hydrogen-bond donors (Lipinski definition) is 0. The van der Waals surface area contributed by atoms with Crippen molar-refractivity contribution in [3.05, 3.63) is 82.8 Å². The van der Waals surface area contributed by atoms with Crippen molar-refractivity contribution in [2.75, 3.05) is 13.1 Å². The van der Waals surface area contributed by atoms with Crippen LogP contribution in [0.1, 0.15) is 6.42 Å². The summed E-state index contributed by atoms with van der Waals surface area (Å²) in [6, 6.07) is 19.6. The second-order valence-corrected chi connectivity index (χ2v) is 12.4. The van der Waals surface area contributed by atoms with Crippen molar-refractivity contribution in [1.82, 2.24) is 4.31 Å². The molecule has 31 heavy (non-hydrogen) atoms. The van der Waals surface area contributed by atoms with Gasteiger partial charge in [0.2, 0.25) is 10.0 Å². The second-order valence-electron chi connectivity index (χ2n) is 7.31. The van der Waals surface area contributed by atoms with Crippen LogP contribution in [0.3, 0.4) is 0 Å².